The van der Waals surface area contributed by atoms with Gasteiger partial charge in [0.25, 0.3) is 0 Å². The van der Waals surface area contributed by atoms with E-state index in [0.717, 1.165) is 0 Å². The summed E-state index contributed by atoms with van der Waals surface area (Å²) in [6, 6.07) is 0. The molecular weight excluding hydrogens is 64.0 g/mol. The molecule has 1 nitrogen and oxygen atoms in total. The molecule has 0 aliphatic rings. The van der Waals surface area contributed by atoms with Crippen LogP contribution in [0.25, 0.3) is 0 Å². The highest BCUT2D eigenvalue weighted by molar-refractivity contribution is 4.50. The Morgan fingerprint density at radius 2 is 1.40 bits per heavy atom. The molecule has 0 amide bonds. The minimum Gasteiger partial charge on any atom is -0.391 e. The van der Waals surface area contributed by atoms with Gasteiger partial charge >= 0.3 is 0 Å². The molecule has 0 heterocycles. The van der Waals surface area contributed by atoms with Gasteiger partial charge in [-0.2, -0.15) is 0 Å². The summed E-state index contributed by atoms with van der Waals surface area (Å²) in [4.78, 5) is 0. The van der Waals surface area contributed by atoms with Crippen LogP contribution in [-0.4, -0.2) is 10.7 Å². The SMILES string of the molecule is CC(C)(C)O.[2HH]. The number of aliphatic hydroxyl groups is 1. The maximum atomic E-state index is 8.52. The quantitative estimate of drug-likeness (QED) is 0.457. The third-order valence-corrected chi connectivity index (χ3v) is 0. The van der Waals surface area contributed by atoms with E-state index < -0.39 is 5.60 Å². The first-order valence-corrected chi connectivity index (χ1v) is 1.72. The summed E-state index contributed by atoms with van der Waals surface area (Å²) in [7, 11) is 0. The van der Waals surface area contributed by atoms with Crippen LogP contribution in [0, 0.1) is 0 Å². The van der Waals surface area contributed by atoms with E-state index in [9.17, 15) is 0 Å². The van der Waals surface area contributed by atoms with Gasteiger partial charge in [-0.15, -0.1) is 0 Å². The second-order valence-electron chi connectivity index (χ2n) is 2.17. The van der Waals surface area contributed by atoms with Gasteiger partial charge in [0, 0.05) is 1.43 Å². The third-order valence-electron chi connectivity index (χ3n) is 0. The van der Waals surface area contributed by atoms with Crippen LogP contribution in [0.3, 0.4) is 0 Å². The second kappa shape index (κ2) is 0.977. The van der Waals surface area contributed by atoms with Crippen molar-refractivity contribution in [2.45, 2.75) is 26.4 Å². The van der Waals surface area contributed by atoms with Crippen molar-refractivity contribution < 1.29 is 6.53 Å². The summed E-state index contributed by atoms with van der Waals surface area (Å²) in [5.41, 5.74) is -0.500. The predicted molar refractivity (Wildman–Crippen MR) is 24.1 cm³/mol. The molecule has 0 saturated heterocycles. The lowest BCUT2D eigenvalue weighted by Gasteiger charge is -2.04. The standard InChI is InChI=1S/C4H10O.H2/c1-4(2,3)5;/h5H,1-3H3;1H/i;1+1. The number of hydrogen-bond donors (Lipinski definition) is 1. The summed E-state index contributed by atoms with van der Waals surface area (Å²) in [5, 5.41) is 8.52. The average Bonchev–Trinajstić information content (AvgIpc) is 0.722. The maximum Gasteiger partial charge on any atom is 0.0563 e. The van der Waals surface area contributed by atoms with Crippen LogP contribution in [0.5, 0.6) is 0 Å². The topological polar surface area (TPSA) is 20.2 Å². The summed E-state index contributed by atoms with van der Waals surface area (Å²) in [6.07, 6.45) is 0. The van der Waals surface area contributed by atoms with Gasteiger partial charge < -0.3 is 5.11 Å². The zero-order valence-electron chi connectivity index (χ0n) is 3.95. The molecule has 5 heavy (non-hydrogen) atoms. The van der Waals surface area contributed by atoms with Gasteiger partial charge in [0.15, 0.2) is 0 Å². The van der Waals surface area contributed by atoms with Gasteiger partial charge in [0.2, 0.25) is 0 Å². The molecule has 0 aromatic carbocycles. The fourth-order valence-electron chi connectivity index (χ4n) is 0. The van der Waals surface area contributed by atoms with E-state index in [0.29, 0.717) is 0 Å². The lowest BCUT2D eigenvalue weighted by molar-refractivity contribution is 0.102. The van der Waals surface area contributed by atoms with Gasteiger partial charge in [-0.05, 0) is 20.8 Å². The summed E-state index contributed by atoms with van der Waals surface area (Å²) in [6.45, 7) is 5.23. The van der Waals surface area contributed by atoms with Gasteiger partial charge in [-0.25, -0.2) is 0 Å². The van der Waals surface area contributed by atoms with Crippen molar-refractivity contribution in [3.63, 3.8) is 0 Å². The van der Waals surface area contributed by atoms with Crippen molar-refractivity contribution in [2.75, 3.05) is 0 Å². The van der Waals surface area contributed by atoms with Crippen LogP contribution >= 0.6 is 0 Å². The first kappa shape index (κ1) is 4.96. The molecule has 0 rings (SSSR count). The molecule has 0 atom stereocenters. The van der Waals surface area contributed by atoms with Gasteiger partial charge in [-0.1, -0.05) is 0 Å². The Kier molecular flexibility index (Phi) is 0.969. The monoisotopic (exact) mass is 77.1 g/mol. The van der Waals surface area contributed by atoms with Crippen LogP contribution in [0.2, 0.25) is 0 Å². The summed E-state index contributed by atoms with van der Waals surface area (Å²) >= 11 is 0. The van der Waals surface area contributed by atoms with Gasteiger partial charge in [0.1, 0.15) is 0 Å². The van der Waals surface area contributed by atoms with E-state index in [2.05, 4.69) is 0 Å². The Morgan fingerprint density at radius 1 is 1.40 bits per heavy atom. The molecule has 1 N–H and O–H groups in total. The minimum absolute atomic E-state index is 0. The molecule has 34 valence electrons. The van der Waals surface area contributed by atoms with E-state index in [1.54, 1.807) is 20.8 Å². The largest absolute Gasteiger partial charge is 0.391 e. The molecule has 0 spiro atoms. The van der Waals surface area contributed by atoms with Crippen LogP contribution in [0.15, 0.2) is 0 Å². The van der Waals surface area contributed by atoms with Crippen molar-refractivity contribution in [3.8, 4) is 0 Å². The van der Waals surface area contributed by atoms with E-state index in [1.165, 1.54) is 0 Å². The second-order valence-corrected chi connectivity index (χ2v) is 2.17. The van der Waals surface area contributed by atoms with Crippen LogP contribution in [0.1, 0.15) is 22.2 Å². The van der Waals surface area contributed by atoms with E-state index in [-0.39, 0.29) is 1.43 Å². The highest BCUT2D eigenvalue weighted by Crippen LogP contribution is 1.93. The van der Waals surface area contributed by atoms with Crippen molar-refractivity contribution in [2.24, 2.45) is 0 Å². The molecule has 0 unspecified atom stereocenters. The van der Waals surface area contributed by atoms with Crippen LogP contribution in [-0.2, 0) is 0 Å². The fourth-order valence-corrected chi connectivity index (χ4v) is 0. The van der Waals surface area contributed by atoms with Crippen molar-refractivity contribution in [3.05, 3.63) is 0 Å². The van der Waals surface area contributed by atoms with E-state index >= 15 is 0 Å². The summed E-state index contributed by atoms with van der Waals surface area (Å²) < 4.78 is 0. The lowest BCUT2D eigenvalue weighted by atomic mass is 10.2. The Hall–Kier alpha value is -0.0400. The average molecular weight is 77.1 g/mol. The molecule has 0 saturated carbocycles. The van der Waals surface area contributed by atoms with E-state index in [1.807, 2.05) is 0 Å². The molecule has 0 bridgehead atoms. The molecule has 0 aromatic heterocycles. The Bertz CT molecular complexity index is 23.0. The van der Waals surface area contributed by atoms with Gasteiger partial charge in [-0.3, -0.25) is 0 Å². The molecule has 0 aliphatic carbocycles. The Labute approximate surface area is 34.1 Å². The highest BCUT2D eigenvalue weighted by atomic mass is 16.3. The first-order valence-electron chi connectivity index (χ1n) is 1.72. The van der Waals surface area contributed by atoms with Crippen molar-refractivity contribution in [1.29, 1.82) is 0 Å². The zero-order chi connectivity index (χ0) is 4.50. The third kappa shape index (κ3) is 9510. The lowest BCUT2D eigenvalue weighted by Crippen LogP contribution is -2.10. The molecule has 0 fully saturated rings. The van der Waals surface area contributed by atoms with Crippen molar-refractivity contribution in [1.82, 2.24) is 0 Å². The maximum absolute atomic E-state index is 8.52. The van der Waals surface area contributed by atoms with Gasteiger partial charge in [0.05, 0.1) is 5.60 Å². The Balaban J connectivity index is 0. The highest BCUT2D eigenvalue weighted by Gasteiger charge is 1.97. The minimum atomic E-state index is -0.500. The normalized spacial score (nSPS) is 12.0. The predicted octanol–water partition coefficient (Wildman–Crippen LogP) is 1.02. The first-order chi connectivity index (χ1) is 2.00. The molecule has 0 aliphatic heterocycles. The number of rotatable bonds is 0. The Morgan fingerprint density at radius 3 is 1.40 bits per heavy atom. The molecular formula is C4H12O. The van der Waals surface area contributed by atoms with Crippen molar-refractivity contribution >= 4 is 0 Å². The molecule has 0 aromatic rings. The number of hydrogen-bond acceptors (Lipinski definition) is 1. The van der Waals surface area contributed by atoms with Crippen LogP contribution in [0.4, 0.5) is 0 Å². The summed E-state index contributed by atoms with van der Waals surface area (Å²) in [5.74, 6) is 0. The van der Waals surface area contributed by atoms with Crippen LogP contribution < -0.4 is 0 Å². The molecule has 0 radical (unpaired) electrons. The zero-order valence-corrected chi connectivity index (χ0v) is 3.95. The smallest absolute Gasteiger partial charge is 0.0563 e. The van der Waals surface area contributed by atoms with E-state index in [4.69, 9.17) is 5.11 Å². The fraction of sp³-hybridized carbons (Fsp3) is 1.00. The molecule has 1 heteroatoms.